The third kappa shape index (κ3) is 4.20. The number of rotatable bonds is 4. The lowest BCUT2D eigenvalue weighted by Gasteiger charge is -2.09. The Balaban J connectivity index is 1.61. The van der Waals surface area contributed by atoms with Crippen molar-refractivity contribution in [1.82, 2.24) is 19.9 Å². The lowest BCUT2D eigenvalue weighted by atomic mass is 10.0. The summed E-state index contributed by atoms with van der Waals surface area (Å²) in [5, 5.41) is 0.396. The van der Waals surface area contributed by atoms with Gasteiger partial charge in [0, 0.05) is 11.1 Å². The summed E-state index contributed by atoms with van der Waals surface area (Å²) in [6.45, 7) is 0. The van der Waals surface area contributed by atoms with Crippen molar-refractivity contribution in [3.05, 3.63) is 108 Å². The van der Waals surface area contributed by atoms with Crippen molar-refractivity contribution < 1.29 is 0 Å². The van der Waals surface area contributed by atoms with E-state index >= 15 is 0 Å². The maximum absolute atomic E-state index is 6.10. The Kier molecular flexibility index (Phi) is 5.21. The van der Waals surface area contributed by atoms with E-state index in [4.69, 9.17) is 21.6 Å². The number of benzene rings is 3. The van der Waals surface area contributed by atoms with E-state index in [0.29, 0.717) is 28.3 Å². The predicted octanol–water partition coefficient (Wildman–Crippen LogP) is 6.59. The van der Waals surface area contributed by atoms with Crippen LogP contribution in [0.3, 0.4) is 0 Å². The molecule has 4 nitrogen and oxygen atoms in total. The highest BCUT2D eigenvalue weighted by Gasteiger charge is 2.13. The van der Waals surface area contributed by atoms with Gasteiger partial charge in [-0.2, -0.15) is 0 Å². The van der Waals surface area contributed by atoms with Gasteiger partial charge in [-0.1, -0.05) is 103 Å². The van der Waals surface area contributed by atoms with Crippen LogP contribution < -0.4 is 0 Å². The summed E-state index contributed by atoms with van der Waals surface area (Å²) in [7, 11) is 0. The van der Waals surface area contributed by atoms with Crippen LogP contribution in [-0.2, 0) is 0 Å². The minimum atomic E-state index is 0.396. The first-order valence-corrected chi connectivity index (χ1v) is 10.2. The van der Waals surface area contributed by atoms with Crippen LogP contribution in [0.2, 0.25) is 5.15 Å². The highest BCUT2D eigenvalue weighted by Crippen LogP contribution is 2.26. The second-order valence-corrected chi connectivity index (χ2v) is 7.35. The maximum Gasteiger partial charge on any atom is 0.182 e. The van der Waals surface area contributed by atoms with Crippen molar-refractivity contribution in [2.45, 2.75) is 0 Å². The number of pyridine rings is 1. The molecule has 3 aromatic carbocycles. The topological polar surface area (TPSA) is 51.6 Å². The summed E-state index contributed by atoms with van der Waals surface area (Å²) < 4.78 is 0. The fourth-order valence-electron chi connectivity index (χ4n) is 3.31. The summed E-state index contributed by atoms with van der Waals surface area (Å²) in [6.07, 6.45) is 0. The van der Waals surface area contributed by atoms with Crippen molar-refractivity contribution in [3.63, 3.8) is 0 Å². The Labute approximate surface area is 185 Å². The molecule has 0 aliphatic carbocycles. The van der Waals surface area contributed by atoms with Crippen LogP contribution in [0, 0.1) is 0 Å². The first kappa shape index (κ1) is 19.1. The van der Waals surface area contributed by atoms with Gasteiger partial charge < -0.3 is 0 Å². The number of hydrogen-bond acceptors (Lipinski definition) is 4. The SMILES string of the molecule is Clc1cccc(-c2nc(-c3ccccc3)nc(-c3ccc(-c4ccccc4)cc3)n2)n1. The Morgan fingerprint density at radius 1 is 0.387 bits per heavy atom. The molecule has 0 radical (unpaired) electrons. The minimum Gasteiger partial charge on any atom is -0.233 e. The molecule has 0 unspecified atom stereocenters. The van der Waals surface area contributed by atoms with Gasteiger partial charge in [0.1, 0.15) is 10.8 Å². The molecule has 2 heterocycles. The van der Waals surface area contributed by atoms with Gasteiger partial charge in [0.2, 0.25) is 0 Å². The van der Waals surface area contributed by atoms with E-state index in [9.17, 15) is 0 Å². The predicted molar refractivity (Wildman–Crippen MR) is 124 cm³/mol. The Morgan fingerprint density at radius 3 is 1.48 bits per heavy atom. The van der Waals surface area contributed by atoms with Crippen molar-refractivity contribution in [1.29, 1.82) is 0 Å². The Morgan fingerprint density at radius 2 is 0.871 bits per heavy atom. The zero-order chi connectivity index (χ0) is 21.0. The molecule has 0 fully saturated rings. The van der Waals surface area contributed by atoms with Gasteiger partial charge in [-0.05, 0) is 23.3 Å². The number of aromatic nitrogens is 4. The summed E-state index contributed by atoms with van der Waals surface area (Å²) in [4.78, 5) is 18.5. The van der Waals surface area contributed by atoms with Gasteiger partial charge >= 0.3 is 0 Å². The molecule has 2 aromatic heterocycles. The molecule has 5 heteroatoms. The molecular weight excluding hydrogens is 404 g/mol. The van der Waals surface area contributed by atoms with E-state index in [1.807, 2.05) is 72.8 Å². The van der Waals surface area contributed by atoms with E-state index < -0.39 is 0 Å². The molecule has 5 rings (SSSR count). The first-order valence-electron chi connectivity index (χ1n) is 9.86. The normalized spacial score (nSPS) is 10.7. The zero-order valence-electron chi connectivity index (χ0n) is 16.5. The molecule has 0 aliphatic rings. The Hall–Kier alpha value is -3.89. The largest absolute Gasteiger partial charge is 0.233 e. The van der Waals surface area contributed by atoms with E-state index in [1.54, 1.807) is 6.07 Å². The second-order valence-electron chi connectivity index (χ2n) is 6.96. The summed E-state index contributed by atoms with van der Waals surface area (Å²) >= 11 is 6.10. The van der Waals surface area contributed by atoms with Crippen molar-refractivity contribution in [2.75, 3.05) is 0 Å². The third-order valence-corrected chi connectivity index (χ3v) is 5.07. The first-order chi connectivity index (χ1) is 15.3. The van der Waals surface area contributed by atoms with E-state index in [0.717, 1.165) is 16.7 Å². The summed E-state index contributed by atoms with van der Waals surface area (Å²) in [5.41, 5.74) is 4.73. The van der Waals surface area contributed by atoms with Gasteiger partial charge in [0.25, 0.3) is 0 Å². The average molecular weight is 421 g/mol. The van der Waals surface area contributed by atoms with E-state index in [2.05, 4.69) is 34.2 Å². The highest BCUT2D eigenvalue weighted by atomic mass is 35.5. The number of halogens is 1. The molecule has 0 atom stereocenters. The quantitative estimate of drug-likeness (QED) is 0.308. The average Bonchev–Trinajstić information content (AvgIpc) is 2.85. The molecule has 0 bridgehead atoms. The molecule has 0 aliphatic heterocycles. The summed E-state index contributed by atoms with van der Waals surface area (Å²) in [6, 6.07) is 33.7. The van der Waals surface area contributed by atoms with E-state index in [1.165, 1.54) is 5.56 Å². The smallest absolute Gasteiger partial charge is 0.182 e. The zero-order valence-corrected chi connectivity index (χ0v) is 17.2. The van der Waals surface area contributed by atoms with Gasteiger partial charge in [-0.15, -0.1) is 0 Å². The fourth-order valence-corrected chi connectivity index (χ4v) is 3.47. The number of nitrogens with zero attached hydrogens (tertiary/aromatic N) is 4. The molecule has 148 valence electrons. The maximum atomic E-state index is 6.10. The van der Waals surface area contributed by atoms with Gasteiger partial charge in [0.05, 0.1) is 0 Å². The van der Waals surface area contributed by atoms with Crippen LogP contribution in [0.5, 0.6) is 0 Å². The molecular formula is C26H17ClN4. The Bertz CT molecular complexity index is 1320. The van der Waals surface area contributed by atoms with Gasteiger partial charge in [0.15, 0.2) is 17.5 Å². The van der Waals surface area contributed by atoms with Crippen LogP contribution >= 0.6 is 11.6 Å². The van der Waals surface area contributed by atoms with Crippen molar-refractivity contribution in [3.8, 4) is 45.4 Å². The standard InChI is InChI=1S/C26H17ClN4/c27-23-13-7-12-22(28-23)26-30-24(20-10-5-2-6-11-20)29-25(31-26)21-16-14-19(15-17-21)18-8-3-1-4-9-18/h1-17H. The van der Waals surface area contributed by atoms with Gasteiger partial charge in [-0.3, -0.25) is 0 Å². The van der Waals surface area contributed by atoms with Crippen LogP contribution in [0.1, 0.15) is 0 Å². The van der Waals surface area contributed by atoms with Crippen molar-refractivity contribution in [2.24, 2.45) is 0 Å². The molecule has 0 spiro atoms. The van der Waals surface area contributed by atoms with Crippen LogP contribution in [0.15, 0.2) is 103 Å². The fraction of sp³-hybridized carbons (Fsp3) is 0. The lowest BCUT2D eigenvalue weighted by molar-refractivity contribution is 1.06. The third-order valence-electron chi connectivity index (χ3n) is 4.86. The van der Waals surface area contributed by atoms with Gasteiger partial charge in [-0.25, -0.2) is 19.9 Å². The van der Waals surface area contributed by atoms with E-state index in [-0.39, 0.29) is 0 Å². The van der Waals surface area contributed by atoms with Crippen molar-refractivity contribution >= 4 is 11.6 Å². The molecule has 31 heavy (non-hydrogen) atoms. The molecule has 0 amide bonds. The van der Waals surface area contributed by atoms with Crippen LogP contribution in [0.25, 0.3) is 45.4 Å². The number of hydrogen-bond donors (Lipinski definition) is 0. The molecule has 5 aromatic rings. The highest BCUT2D eigenvalue weighted by molar-refractivity contribution is 6.29. The molecule has 0 saturated carbocycles. The van der Waals surface area contributed by atoms with Crippen LogP contribution in [-0.4, -0.2) is 19.9 Å². The minimum absolute atomic E-state index is 0.396. The lowest BCUT2D eigenvalue weighted by Crippen LogP contribution is -2.01. The molecule has 0 N–H and O–H groups in total. The summed E-state index contributed by atoms with van der Waals surface area (Å²) in [5.74, 6) is 1.67. The molecule has 0 saturated heterocycles. The monoisotopic (exact) mass is 420 g/mol. The van der Waals surface area contributed by atoms with Crippen LogP contribution in [0.4, 0.5) is 0 Å². The second kappa shape index (κ2) is 8.46.